The van der Waals surface area contributed by atoms with Crippen molar-refractivity contribution >= 4 is 17.5 Å². The van der Waals surface area contributed by atoms with Gasteiger partial charge in [0.05, 0.1) is 12.6 Å². The number of halogens is 3. The molecule has 0 aliphatic carbocycles. The van der Waals surface area contributed by atoms with Gasteiger partial charge in [-0.25, -0.2) is 8.78 Å². The minimum atomic E-state index is -1.00. The number of hydrogen-bond donors (Lipinski definition) is 3. The van der Waals surface area contributed by atoms with Crippen LogP contribution in [0.2, 0.25) is 5.02 Å². The zero-order valence-corrected chi connectivity index (χ0v) is 20.0. The van der Waals surface area contributed by atoms with Crippen LogP contribution in [0.25, 0.3) is 0 Å². The summed E-state index contributed by atoms with van der Waals surface area (Å²) in [6.07, 6.45) is -0.952. The van der Waals surface area contributed by atoms with Gasteiger partial charge in [0.25, 0.3) is 5.56 Å². The van der Waals surface area contributed by atoms with Crippen molar-refractivity contribution < 1.29 is 23.4 Å². The van der Waals surface area contributed by atoms with Gasteiger partial charge in [-0.05, 0) is 37.1 Å². The lowest BCUT2D eigenvalue weighted by molar-refractivity contribution is -0.124. The van der Waals surface area contributed by atoms with E-state index in [4.69, 9.17) is 22.1 Å². The Labute approximate surface area is 206 Å². The molecule has 1 heterocycles. The maximum Gasteiger partial charge on any atom is 0.273 e. The number of benzene rings is 2. The molecule has 0 spiro atoms. The number of nitrogens with two attached hydrogens (primary N) is 1. The van der Waals surface area contributed by atoms with Crippen molar-refractivity contribution in [2.24, 2.45) is 5.73 Å². The van der Waals surface area contributed by atoms with Crippen molar-refractivity contribution in [2.45, 2.75) is 45.7 Å². The molecule has 0 aliphatic rings. The van der Waals surface area contributed by atoms with E-state index >= 15 is 0 Å². The highest BCUT2D eigenvalue weighted by Gasteiger charge is 2.18. The Hall–Kier alpha value is -3.27. The van der Waals surface area contributed by atoms with E-state index in [9.17, 15) is 23.5 Å². The number of pyridine rings is 1. The van der Waals surface area contributed by atoms with Crippen LogP contribution in [0, 0.1) is 18.6 Å². The van der Waals surface area contributed by atoms with E-state index < -0.39 is 35.2 Å². The van der Waals surface area contributed by atoms with Gasteiger partial charge in [0.15, 0.2) is 0 Å². The van der Waals surface area contributed by atoms with Gasteiger partial charge < -0.3 is 25.5 Å². The van der Waals surface area contributed by atoms with Crippen LogP contribution >= 0.6 is 11.6 Å². The number of amides is 1. The molecule has 0 aliphatic heterocycles. The fourth-order valence-electron chi connectivity index (χ4n) is 3.28. The average Bonchev–Trinajstić information content (AvgIpc) is 2.82. The van der Waals surface area contributed by atoms with Gasteiger partial charge in [0.2, 0.25) is 5.91 Å². The molecule has 1 amide bonds. The Morgan fingerprint density at radius 2 is 1.83 bits per heavy atom. The first-order valence-electron chi connectivity index (χ1n) is 10.8. The highest BCUT2D eigenvalue weighted by atomic mass is 35.5. The summed E-state index contributed by atoms with van der Waals surface area (Å²) in [5.41, 5.74) is 7.49. The van der Waals surface area contributed by atoms with Crippen LogP contribution in [0.15, 0.2) is 53.3 Å². The monoisotopic (exact) mass is 505 g/mol. The molecule has 2 atom stereocenters. The van der Waals surface area contributed by atoms with Crippen LogP contribution in [-0.2, 0) is 24.5 Å². The summed E-state index contributed by atoms with van der Waals surface area (Å²) < 4.78 is 33.9. The number of aliphatic hydroxyl groups is 1. The third-order valence-electron chi connectivity index (χ3n) is 5.47. The minimum Gasteiger partial charge on any atom is -0.487 e. The number of carbonyl (C=O) groups excluding carboxylic acids is 1. The topological polar surface area (TPSA) is 107 Å². The largest absolute Gasteiger partial charge is 0.487 e. The van der Waals surface area contributed by atoms with Crippen molar-refractivity contribution in [3.05, 3.63) is 97.9 Å². The van der Waals surface area contributed by atoms with Gasteiger partial charge in [0.1, 0.15) is 35.1 Å². The third-order valence-corrected chi connectivity index (χ3v) is 5.81. The second-order valence-electron chi connectivity index (χ2n) is 8.18. The number of hydrogen-bond acceptors (Lipinski definition) is 5. The summed E-state index contributed by atoms with van der Waals surface area (Å²) in [4.78, 5) is 24.7. The normalized spacial score (nSPS) is 12.8. The fraction of sp³-hybridized carbons (Fsp3) is 0.280. The summed E-state index contributed by atoms with van der Waals surface area (Å²) in [6, 6.07) is 11.0. The maximum absolute atomic E-state index is 13.8. The summed E-state index contributed by atoms with van der Waals surface area (Å²) in [7, 11) is 0. The smallest absolute Gasteiger partial charge is 0.273 e. The molecule has 0 bridgehead atoms. The molecule has 186 valence electrons. The lowest BCUT2D eigenvalue weighted by Crippen LogP contribution is -2.46. The predicted molar refractivity (Wildman–Crippen MR) is 128 cm³/mol. The van der Waals surface area contributed by atoms with E-state index in [1.54, 1.807) is 25.1 Å². The van der Waals surface area contributed by atoms with Crippen LogP contribution in [0.3, 0.4) is 0 Å². The van der Waals surface area contributed by atoms with Crippen molar-refractivity contribution in [1.29, 1.82) is 0 Å². The number of aryl methyl sites for hydroxylation is 1. The quantitative estimate of drug-likeness (QED) is 0.414. The van der Waals surface area contributed by atoms with Crippen molar-refractivity contribution in [3.63, 3.8) is 0 Å². The highest BCUT2D eigenvalue weighted by molar-refractivity contribution is 6.31. The second-order valence-corrected chi connectivity index (χ2v) is 8.56. The molecule has 7 nitrogen and oxygen atoms in total. The van der Waals surface area contributed by atoms with Crippen LogP contribution in [0.5, 0.6) is 5.75 Å². The Kier molecular flexibility index (Phi) is 8.61. The van der Waals surface area contributed by atoms with Gasteiger partial charge in [-0.2, -0.15) is 0 Å². The first-order valence-corrected chi connectivity index (χ1v) is 11.2. The molecule has 10 heteroatoms. The lowest BCUT2D eigenvalue weighted by atomic mass is 10.1. The highest BCUT2D eigenvalue weighted by Crippen LogP contribution is 2.24. The van der Waals surface area contributed by atoms with Gasteiger partial charge in [0, 0.05) is 29.9 Å². The van der Waals surface area contributed by atoms with Gasteiger partial charge >= 0.3 is 0 Å². The summed E-state index contributed by atoms with van der Waals surface area (Å²) in [6.45, 7) is 3.44. The maximum atomic E-state index is 13.8. The van der Waals surface area contributed by atoms with Crippen LogP contribution in [0.4, 0.5) is 8.78 Å². The summed E-state index contributed by atoms with van der Waals surface area (Å²) in [5, 5.41) is 11.9. The Balaban J connectivity index is 1.67. The van der Waals surface area contributed by atoms with Crippen LogP contribution in [0.1, 0.15) is 29.3 Å². The molecule has 2 aromatic carbocycles. The average molecular weight is 506 g/mol. The van der Waals surface area contributed by atoms with Gasteiger partial charge in [-0.3, -0.25) is 9.59 Å². The molecule has 0 fully saturated rings. The molecule has 4 N–H and O–H groups in total. The summed E-state index contributed by atoms with van der Waals surface area (Å²) in [5.74, 6) is -1.79. The molecule has 0 saturated carbocycles. The lowest BCUT2D eigenvalue weighted by Gasteiger charge is -2.16. The molecule has 0 unspecified atom stereocenters. The van der Waals surface area contributed by atoms with Crippen molar-refractivity contribution in [3.8, 4) is 5.75 Å². The Morgan fingerprint density at radius 3 is 2.46 bits per heavy atom. The van der Waals surface area contributed by atoms with Crippen molar-refractivity contribution in [2.75, 3.05) is 0 Å². The van der Waals surface area contributed by atoms with E-state index in [0.717, 1.165) is 23.3 Å². The number of carbonyl (C=O) groups is 1. The number of aromatic nitrogens is 1. The van der Waals surface area contributed by atoms with Gasteiger partial charge in [-0.1, -0.05) is 35.9 Å². The third kappa shape index (κ3) is 6.66. The molecule has 1 aromatic heterocycles. The number of aliphatic hydroxyl groups excluding tert-OH is 1. The zero-order valence-electron chi connectivity index (χ0n) is 19.2. The molecule has 3 aromatic rings. The first-order chi connectivity index (χ1) is 16.6. The van der Waals surface area contributed by atoms with E-state index in [0.29, 0.717) is 5.69 Å². The van der Waals surface area contributed by atoms with E-state index in [1.165, 1.54) is 17.6 Å². The number of ether oxygens (including phenoxy) is 1. The Morgan fingerprint density at radius 1 is 1.17 bits per heavy atom. The predicted octanol–water partition coefficient (Wildman–Crippen LogP) is 3.04. The first kappa shape index (κ1) is 26.3. The Bertz CT molecular complexity index is 1260. The van der Waals surface area contributed by atoms with Crippen molar-refractivity contribution in [1.82, 2.24) is 9.88 Å². The molecular formula is C25H26ClF2N3O4. The van der Waals surface area contributed by atoms with Crippen LogP contribution < -0.4 is 21.3 Å². The second kappa shape index (κ2) is 11.4. The number of rotatable bonds is 9. The molecule has 0 radical (unpaired) electrons. The minimum absolute atomic E-state index is 0.107. The standard InChI is InChI=1S/C25H26ClF2N3O4/c1-14-9-21(35-13-18-7-8-19(27)10-20(18)28)22(26)25(34)31(14)12-17-5-3-16(4-6-17)11-30-24(33)23(29)15(2)32/h3-10,15,23,32H,11-13,29H2,1-2H3,(H,30,33)/t15-,23+/m1/s1. The number of nitrogens with zero attached hydrogens (tertiary/aromatic N) is 1. The molecule has 0 saturated heterocycles. The summed E-state index contributed by atoms with van der Waals surface area (Å²) >= 11 is 6.23. The molecular weight excluding hydrogens is 480 g/mol. The van der Waals surface area contributed by atoms with Gasteiger partial charge in [-0.15, -0.1) is 0 Å². The zero-order chi connectivity index (χ0) is 25.7. The number of nitrogens with one attached hydrogen (secondary N) is 1. The van der Waals surface area contributed by atoms with E-state index in [-0.39, 0.29) is 36.0 Å². The molecule has 35 heavy (non-hydrogen) atoms. The van der Waals surface area contributed by atoms with E-state index in [2.05, 4.69) is 5.32 Å². The van der Waals surface area contributed by atoms with Crippen LogP contribution in [-0.4, -0.2) is 27.7 Å². The van der Waals surface area contributed by atoms with E-state index in [1.807, 2.05) is 12.1 Å². The molecule has 3 rings (SSSR count). The fourth-order valence-corrected chi connectivity index (χ4v) is 3.49. The SMILES string of the molecule is Cc1cc(OCc2ccc(F)cc2F)c(Cl)c(=O)n1Cc1ccc(CNC(=O)[C@@H](N)[C@@H](C)O)cc1.